The second kappa shape index (κ2) is 15.4. The van der Waals surface area contributed by atoms with Crippen LogP contribution in [0, 0.1) is 31.7 Å². The molecule has 0 amide bonds. The van der Waals surface area contributed by atoms with Crippen LogP contribution < -0.4 is 0 Å². The number of fused-ring (bicyclic) bond motifs is 3. The summed E-state index contributed by atoms with van der Waals surface area (Å²) < 4.78 is 38.9. The Labute approximate surface area is 260 Å². The number of aryl methyl sites for hydroxylation is 2. The third-order valence-corrected chi connectivity index (χ3v) is 7.57. The standard InChI is InChI=1S/C22H15F3N.C13H24O2.Ir/c1-13-9-14(2)11-16(10-13)21-20-5-3-15-12-17(22(23,24)25)4-6-18(15)19(20)7-8-26-21;1-5-10(6-2)12(14)9-13(15)11(7-3)8-4;/h3-10,12H,1-2H3;9-11,14H,5-8H2,1-4H3;/q-1;;. The Kier molecular flexibility index (Phi) is 12.9. The van der Waals surface area contributed by atoms with Crippen LogP contribution in [0.2, 0.25) is 0 Å². The fourth-order valence-electron chi connectivity index (χ4n) is 5.19. The first-order chi connectivity index (χ1) is 19.4. The van der Waals surface area contributed by atoms with Gasteiger partial charge < -0.3 is 10.1 Å². The molecule has 0 aliphatic rings. The number of hydrogen-bond donors (Lipinski definition) is 1. The van der Waals surface area contributed by atoms with Gasteiger partial charge >= 0.3 is 6.18 Å². The van der Waals surface area contributed by atoms with Gasteiger partial charge in [0.1, 0.15) is 0 Å². The topological polar surface area (TPSA) is 50.2 Å². The van der Waals surface area contributed by atoms with Gasteiger partial charge in [0.15, 0.2) is 5.78 Å². The zero-order valence-electron chi connectivity index (χ0n) is 25.0. The van der Waals surface area contributed by atoms with E-state index in [1.807, 2.05) is 65.8 Å². The smallest absolute Gasteiger partial charge is 0.416 e. The zero-order valence-corrected chi connectivity index (χ0v) is 27.4. The summed E-state index contributed by atoms with van der Waals surface area (Å²) in [5.74, 6) is 0.547. The molecule has 0 saturated heterocycles. The average Bonchev–Trinajstić information content (AvgIpc) is 2.93. The van der Waals surface area contributed by atoms with Crippen LogP contribution in [0.3, 0.4) is 0 Å². The van der Waals surface area contributed by atoms with E-state index >= 15 is 0 Å². The van der Waals surface area contributed by atoms with E-state index in [1.165, 1.54) is 18.2 Å². The number of benzene rings is 3. The second-order valence-electron chi connectivity index (χ2n) is 10.5. The maximum atomic E-state index is 13.0. The van der Waals surface area contributed by atoms with Crippen molar-refractivity contribution in [1.82, 2.24) is 4.98 Å². The van der Waals surface area contributed by atoms with Crippen LogP contribution in [-0.4, -0.2) is 15.9 Å². The molecule has 4 rings (SSSR count). The van der Waals surface area contributed by atoms with Crippen LogP contribution in [0.5, 0.6) is 0 Å². The molecule has 1 radical (unpaired) electrons. The number of aliphatic hydroxyl groups is 1. The van der Waals surface area contributed by atoms with E-state index in [0.29, 0.717) is 5.39 Å². The molecule has 4 aromatic rings. The Morgan fingerprint density at radius 2 is 1.50 bits per heavy atom. The van der Waals surface area contributed by atoms with Crippen molar-refractivity contribution >= 4 is 27.3 Å². The van der Waals surface area contributed by atoms with Gasteiger partial charge in [0.25, 0.3) is 0 Å². The SMILES string of the molecule is CCC(CC)C(=O)C=C(O)C(CC)CC.Cc1[c-]c(-c2nccc3c2ccc2cc(C(F)(F)F)ccc23)cc(C)c1.[Ir]. The average molecular weight is 755 g/mol. The molecule has 0 saturated carbocycles. The van der Waals surface area contributed by atoms with Gasteiger partial charge in [-0.2, -0.15) is 13.2 Å². The second-order valence-corrected chi connectivity index (χ2v) is 10.5. The van der Waals surface area contributed by atoms with E-state index < -0.39 is 11.7 Å². The number of halogens is 3. The summed E-state index contributed by atoms with van der Waals surface area (Å²) in [5, 5.41) is 12.9. The number of allylic oxidation sites excluding steroid dienone is 2. The Bertz CT molecular complexity index is 1520. The Hall–Kier alpha value is -3.02. The quantitative estimate of drug-likeness (QED) is 0.0844. The summed E-state index contributed by atoms with van der Waals surface area (Å²) in [6.45, 7) is 12.1. The summed E-state index contributed by atoms with van der Waals surface area (Å²) >= 11 is 0. The minimum atomic E-state index is -4.35. The molecule has 0 spiro atoms. The summed E-state index contributed by atoms with van der Waals surface area (Å²) in [6, 6.07) is 16.7. The van der Waals surface area contributed by atoms with Crippen LogP contribution in [0.1, 0.15) is 70.1 Å². The molecule has 0 fully saturated rings. The molecule has 1 aromatic heterocycles. The van der Waals surface area contributed by atoms with E-state index in [0.717, 1.165) is 70.3 Å². The molecule has 0 aliphatic carbocycles. The van der Waals surface area contributed by atoms with Crippen molar-refractivity contribution in [1.29, 1.82) is 0 Å². The molecular formula is C35H39F3IrNO2-. The van der Waals surface area contributed by atoms with Crippen LogP contribution >= 0.6 is 0 Å². The number of carbonyl (C=O) groups is 1. The van der Waals surface area contributed by atoms with Gasteiger partial charge in [-0.3, -0.25) is 4.79 Å². The first-order valence-electron chi connectivity index (χ1n) is 14.3. The monoisotopic (exact) mass is 755 g/mol. The predicted molar refractivity (Wildman–Crippen MR) is 162 cm³/mol. The number of aliphatic hydroxyl groups excluding tert-OH is 1. The number of aromatic nitrogens is 1. The van der Waals surface area contributed by atoms with Crippen LogP contribution in [0.15, 0.2) is 66.6 Å². The summed E-state index contributed by atoms with van der Waals surface area (Å²) in [4.78, 5) is 16.2. The number of nitrogens with zero attached hydrogens (tertiary/aromatic N) is 1. The fourth-order valence-corrected chi connectivity index (χ4v) is 5.19. The molecule has 0 unspecified atom stereocenters. The van der Waals surface area contributed by atoms with Gasteiger partial charge in [-0.15, -0.1) is 34.9 Å². The summed E-state index contributed by atoms with van der Waals surface area (Å²) in [6.07, 6.45) is 2.25. The number of alkyl halides is 3. The van der Waals surface area contributed by atoms with Gasteiger partial charge in [-0.05, 0) is 71.1 Å². The Morgan fingerprint density at radius 1 is 0.881 bits per heavy atom. The Morgan fingerprint density at radius 3 is 2.07 bits per heavy atom. The predicted octanol–water partition coefficient (Wildman–Crippen LogP) is 10.4. The molecule has 7 heteroatoms. The summed E-state index contributed by atoms with van der Waals surface area (Å²) in [7, 11) is 0. The minimum Gasteiger partial charge on any atom is -0.512 e. The van der Waals surface area contributed by atoms with Crippen molar-refractivity contribution in [3.8, 4) is 11.3 Å². The molecule has 227 valence electrons. The molecule has 3 aromatic carbocycles. The van der Waals surface area contributed by atoms with E-state index in [-0.39, 0.29) is 43.5 Å². The van der Waals surface area contributed by atoms with Crippen LogP contribution in [0.4, 0.5) is 13.2 Å². The number of hydrogen-bond acceptors (Lipinski definition) is 3. The van der Waals surface area contributed by atoms with Gasteiger partial charge in [0.05, 0.1) is 11.3 Å². The molecule has 1 N–H and O–H groups in total. The molecule has 1 heterocycles. The molecule has 0 aliphatic heterocycles. The molecule has 3 nitrogen and oxygen atoms in total. The van der Waals surface area contributed by atoms with Crippen molar-refractivity contribution in [3.05, 3.63) is 89.3 Å². The van der Waals surface area contributed by atoms with E-state index in [1.54, 1.807) is 12.3 Å². The van der Waals surface area contributed by atoms with Crippen molar-refractivity contribution < 1.29 is 43.2 Å². The number of ketones is 1. The molecule has 42 heavy (non-hydrogen) atoms. The van der Waals surface area contributed by atoms with E-state index in [2.05, 4.69) is 11.1 Å². The third kappa shape index (κ3) is 8.51. The normalized spacial score (nSPS) is 11.9. The van der Waals surface area contributed by atoms with Crippen molar-refractivity contribution in [3.63, 3.8) is 0 Å². The van der Waals surface area contributed by atoms with Crippen molar-refractivity contribution in [2.24, 2.45) is 11.8 Å². The summed E-state index contributed by atoms with van der Waals surface area (Å²) in [5.41, 5.74) is 3.18. The zero-order chi connectivity index (χ0) is 30.3. The minimum absolute atomic E-state index is 0. The first kappa shape index (κ1) is 35.2. The molecule has 0 atom stereocenters. The molecule has 0 bridgehead atoms. The van der Waals surface area contributed by atoms with Gasteiger partial charge in [-0.1, -0.05) is 59.7 Å². The van der Waals surface area contributed by atoms with E-state index in [9.17, 15) is 23.1 Å². The first-order valence-corrected chi connectivity index (χ1v) is 14.3. The fraction of sp³-hybridized carbons (Fsp3) is 0.371. The van der Waals surface area contributed by atoms with Crippen molar-refractivity contribution in [2.45, 2.75) is 73.4 Å². The van der Waals surface area contributed by atoms with Gasteiger partial charge in [0, 0.05) is 44.2 Å². The maximum absolute atomic E-state index is 13.0. The maximum Gasteiger partial charge on any atom is 0.416 e. The van der Waals surface area contributed by atoms with Gasteiger partial charge in [-0.25, -0.2) is 0 Å². The van der Waals surface area contributed by atoms with E-state index in [4.69, 9.17) is 0 Å². The molecular weight excluding hydrogens is 716 g/mol. The number of carbonyl (C=O) groups excluding carboxylic acids is 1. The Balaban J connectivity index is 0.000000334. The van der Waals surface area contributed by atoms with Crippen LogP contribution in [0.25, 0.3) is 32.8 Å². The van der Waals surface area contributed by atoms with Crippen LogP contribution in [-0.2, 0) is 31.1 Å². The third-order valence-electron chi connectivity index (χ3n) is 7.57. The number of pyridine rings is 1. The van der Waals surface area contributed by atoms with Gasteiger partial charge in [0.2, 0.25) is 0 Å². The number of rotatable bonds is 8. The van der Waals surface area contributed by atoms with Crippen molar-refractivity contribution in [2.75, 3.05) is 0 Å². The largest absolute Gasteiger partial charge is 0.512 e.